The molecule has 4 rings (SSSR count). The number of halogens is 1. The minimum absolute atomic E-state index is 0.0623. The van der Waals surface area contributed by atoms with Crippen LogP contribution in [-0.4, -0.2) is 61.3 Å². The highest BCUT2D eigenvalue weighted by molar-refractivity contribution is 7.99. The molecule has 2 aromatic heterocycles. The van der Waals surface area contributed by atoms with Gasteiger partial charge in [0.25, 0.3) is 0 Å². The molecule has 3 aromatic rings. The summed E-state index contributed by atoms with van der Waals surface area (Å²) >= 11 is 6.15. The van der Waals surface area contributed by atoms with E-state index in [1.165, 1.54) is 0 Å². The molecule has 0 radical (unpaired) electrons. The Morgan fingerprint density at radius 3 is 2.67 bits per heavy atom. The summed E-state index contributed by atoms with van der Waals surface area (Å²) in [5, 5.41) is 0.505. The molecule has 0 saturated carbocycles. The van der Waals surface area contributed by atoms with Crippen molar-refractivity contribution in [2.75, 3.05) is 24.5 Å². The van der Waals surface area contributed by atoms with E-state index in [2.05, 4.69) is 15.8 Å². The number of ether oxygens (including phenoxy) is 1. The quantitative estimate of drug-likeness (QED) is 0.501. The average molecular weight is 489 g/mol. The SMILES string of the molecule is C=S(=O)(c1cccc(Cl)c1)n1cc(N2CCN(C(=O)OC(C)(C)C)[C@H](C)C2)c2ncccc21. The highest BCUT2D eigenvalue weighted by atomic mass is 35.5. The number of pyridine rings is 1. The summed E-state index contributed by atoms with van der Waals surface area (Å²) in [6.45, 7) is 9.32. The number of piperazine rings is 1. The van der Waals surface area contributed by atoms with E-state index in [1.807, 2.05) is 46.0 Å². The normalized spacial score (nSPS) is 18.9. The molecule has 1 aliphatic heterocycles. The fraction of sp³-hybridized carbons (Fsp3) is 0.375. The lowest BCUT2D eigenvalue weighted by molar-refractivity contribution is 0.0159. The molecular formula is C24H29ClN4O3S. The van der Waals surface area contributed by atoms with Crippen LogP contribution in [0.15, 0.2) is 53.7 Å². The van der Waals surface area contributed by atoms with Gasteiger partial charge in [0, 0.05) is 43.1 Å². The van der Waals surface area contributed by atoms with Crippen LogP contribution < -0.4 is 4.90 Å². The Labute approximate surface area is 200 Å². The number of nitrogens with zero attached hydrogens (tertiary/aromatic N) is 4. The van der Waals surface area contributed by atoms with Crippen molar-refractivity contribution in [1.29, 1.82) is 0 Å². The molecule has 1 fully saturated rings. The van der Waals surface area contributed by atoms with Crippen LogP contribution in [0.4, 0.5) is 10.5 Å². The minimum atomic E-state index is -2.88. The van der Waals surface area contributed by atoms with E-state index in [0.29, 0.717) is 29.6 Å². The maximum absolute atomic E-state index is 13.9. The van der Waals surface area contributed by atoms with Crippen molar-refractivity contribution < 1.29 is 13.7 Å². The molecule has 7 nitrogen and oxygen atoms in total. The average Bonchev–Trinajstić information content (AvgIpc) is 3.13. The van der Waals surface area contributed by atoms with Gasteiger partial charge in [0.2, 0.25) is 0 Å². The van der Waals surface area contributed by atoms with Crippen LogP contribution in [-0.2, 0) is 14.4 Å². The van der Waals surface area contributed by atoms with Gasteiger partial charge >= 0.3 is 6.09 Å². The summed E-state index contributed by atoms with van der Waals surface area (Å²) < 4.78 is 21.1. The molecule has 1 aliphatic rings. The number of fused-ring (bicyclic) bond motifs is 1. The maximum Gasteiger partial charge on any atom is 0.410 e. The third kappa shape index (κ3) is 4.68. The highest BCUT2D eigenvalue weighted by Gasteiger charge is 2.32. The van der Waals surface area contributed by atoms with Gasteiger partial charge in [-0.05, 0) is 63.9 Å². The van der Waals surface area contributed by atoms with Crippen molar-refractivity contribution in [1.82, 2.24) is 13.9 Å². The first kappa shape index (κ1) is 23.4. The Balaban J connectivity index is 1.68. The number of hydrogen-bond acceptors (Lipinski definition) is 5. The van der Waals surface area contributed by atoms with Gasteiger partial charge in [-0.1, -0.05) is 17.7 Å². The third-order valence-electron chi connectivity index (χ3n) is 5.58. The van der Waals surface area contributed by atoms with Gasteiger partial charge < -0.3 is 14.5 Å². The van der Waals surface area contributed by atoms with Crippen molar-refractivity contribution in [3.05, 3.63) is 53.8 Å². The first-order valence-corrected chi connectivity index (χ1v) is 12.9. The van der Waals surface area contributed by atoms with Crippen LogP contribution >= 0.6 is 11.6 Å². The van der Waals surface area contributed by atoms with E-state index < -0.39 is 15.3 Å². The van der Waals surface area contributed by atoms with Gasteiger partial charge in [-0.2, -0.15) is 0 Å². The summed E-state index contributed by atoms with van der Waals surface area (Å²) in [5.41, 5.74) is 1.79. The monoisotopic (exact) mass is 488 g/mol. The Hall–Kier alpha value is -2.71. The second kappa shape index (κ2) is 8.57. The van der Waals surface area contributed by atoms with E-state index in [0.717, 1.165) is 16.7 Å². The predicted octanol–water partition coefficient (Wildman–Crippen LogP) is 4.67. The van der Waals surface area contributed by atoms with Crippen LogP contribution in [0.5, 0.6) is 0 Å². The number of carbonyl (C=O) groups is 1. The molecule has 1 saturated heterocycles. The van der Waals surface area contributed by atoms with Crippen molar-refractivity contribution >= 4 is 50.0 Å². The standard InChI is InChI=1S/C24H29ClN4O3S/c1-17-15-27(12-13-28(17)23(30)32-24(2,3)4)21-16-29(20-10-7-11-26-22(20)21)33(5,31)19-9-6-8-18(25)14-19/h6-11,14,16-17H,5,12-13,15H2,1-4H3/t17-,33?/m1/s1. The third-order valence-corrected chi connectivity index (χ3v) is 7.75. The fourth-order valence-electron chi connectivity index (χ4n) is 4.04. The summed E-state index contributed by atoms with van der Waals surface area (Å²) in [5.74, 6) is 4.06. The lowest BCUT2D eigenvalue weighted by atomic mass is 10.1. The van der Waals surface area contributed by atoms with Crippen molar-refractivity contribution in [2.24, 2.45) is 0 Å². The van der Waals surface area contributed by atoms with E-state index >= 15 is 0 Å². The molecule has 0 N–H and O–H groups in total. The second-order valence-electron chi connectivity index (χ2n) is 9.28. The van der Waals surface area contributed by atoms with Gasteiger partial charge in [-0.15, -0.1) is 0 Å². The number of anilines is 1. The van der Waals surface area contributed by atoms with Crippen molar-refractivity contribution in [3.8, 4) is 0 Å². The smallest absolute Gasteiger partial charge is 0.410 e. The summed E-state index contributed by atoms with van der Waals surface area (Å²) in [6.07, 6.45) is 3.27. The molecule has 3 heterocycles. The maximum atomic E-state index is 13.9. The number of rotatable bonds is 3. The van der Waals surface area contributed by atoms with Crippen LogP contribution in [0.2, 0.25) is 5.02 Å². The molecular weight excluding hydrogens is 460 g/mol. The number of carbonyl (C=O) groups excluding carboxylic acids is 1. The highest BCUT2D eigenvalue weighted by Crippen LogP contribution is 2.32. The summed E-state index contributed by atoms with van der Waals surface area (Å²) in [6, 6.07) is 10.6. The first-order chi connectivity index (χ1) is 15.5. The van der Waals surface area contributed by atoms with Crippen LogP contribution in [0.25, 0.3) is 11.0 Å². The fourth-order valence-corrected chi connectivity index (χ4v) is 5.86. The molecule has 1 amide bonds. The molecule has 9 heteroatoms. The zero-order valence-electron chi connectivity index (χ0n) is 19.3. The lowest BCUT2D eigenvalue weighted by Crippen LogP contribution is -2.55. The van der Waals surface area contributed by atoms with Gasteiger partial charge in [0.1, 0.15) is 11.1 Å². The van der Waals surface area contributed by atoms with Gasteiger partial charge in [-0.25, -0.2) is 9.00 Å². The summed E-state index contributed by atoms with van der Waals surface area (Å²) in [7, 11) is -2.88. The number of hydrogen-bond donors (Lipinski definition) is 0. The molecule has 0 aliphatic carbocycles. The molecule has 2 atom stereocenters. The Bertz CT molecular complexity index is 1300. The van der Waals surface area contributed by atoms with E-state index in [1.54, 1.807) is 39.3 Å². The van der Waals surface area contributed by atoms with E-state index in [-0.39, 0.29) is 12.1 Å². The molecule has 1 unspecified atom stereocenters. The van der Waals surface area contributed by atoms with Gasteiger partial charge in [0.15, 0.2) is 0 Å². The lowest BCUT2D eigenvalue weighted by Gasteiger charge is -2.40. The molecule has 0 spiro atoms. The largest absolute Gasteiger partial charge is 0.444 e. The Morgan fingerprint density at radius 2 is 2.00 bits per heavy atom. The van der Waals surface area contributed by atoms with Crippen LogP contribution in [0.3, 0.4) is 0 Å². The molecule has 1 aromatic carbocycles. The van der Waals surface area contributed by atoms with Gasteiger partial charge in [0.05, 0.1) is 25.8 Å². The molecule has 33 heavy (non-hydrogen) atoms. The molecule has 176 valence electrons. The van der Waals surface area contributed by atoms with Crippen molar-refractivity contribution in [3.63, 3.8) is 0 Å². The summed E-state index contributed by atoms with van der Waals surface area (Å²) in [4.78, 5) is 21.7. The predicted molar refractivity (Wildman–Crippen MR) is 135 cm³/mol. The van der Waals surface area contributed by atoms with Crippen LogP contribution in [0.1, 0.15) is 27.7 Å². The number of amides is 1. The zero-order chi connectivity index (χ0) is 24.0. The van der Waals surface area contributed by atoms with E-state index in [9.17, 15) is 9.00 Å². The van der Waals surface area contributed by atoms with Gasteiger partial charge in [-0.3, -0.25) is 8.96 Å². The molecule has 0 bridgehead atoms. The first-order valence-electron chi connectivity index (χ1n) is 10.8. The second-order valence-corrected chi connectivity index (χ2v) is 11.9. The Morgan fingerprint density at radius 1 is 1.24 bits per heavy atom. The number of aromatic nitrogens is 2. The van der Waals surface area contributed by atoms with Crippen molar-refractivity contribution in [2.45, 2.75) is 44.2 Å². The zero-order valence-corrected chi connectivity index (χ0v) is 20.9. The van der Waals surface area contributed by atoms with E-state index in [4.69, 9.17) is 16.3 Å². The number of benzene rings is 1. The Kier molecular flexibility index (Phi) is 6.09. The topological polar surface area (TPSA) is 67.7 Å². The van der Waals surface area contributed by atoms with Crippen LogP contribution in [0, 0.1) is 0 Å². The minimum Gasteiger partial charge on any atom is -0.444 e.